The van der Waals surface area contributed by atoms with Crippen molar-refractivity contribution in [2.45, 2.75) is 63.8 Å². The summed E-state index contributed by atoms with van der Waals surface area (Å²) in [5.74, 6) is -3.78. The van der Waals surface area contributed by atoms with Gasteiger partial charge in [0.2, 0.25) is 17.6 Å². The second-order valence-corrected chi connectivity index (χ2v) is 20.3. The zero-order valence-electron chi connectivity index (χ0n) is 35.2. The third kappa shape index (κ3) is 7.35. The van der Waals surface area contributed by atoms with Crippen LogP contribution in [0.3, 0.4) is 0 Å². The highest BCUT2D eigenvalue weighted by molar-refractivity contribution is 7.90. The van der Waals surface area contributed by atoms with Crippen molar-refractivity contribution in [3.63, 3.8) is 0 Å². The second kappa shape index (κ2) is 15.5. The molecule has 3 aromatic carbocycles. The number of hydrogen-bond donors (Lipinski definition) is 3. The molecule has 0 radical (unpaired) electrons. The Hall–Kier alpha value is -6.11. The van der Waals surface area contributed by atoms with E-state index in [-0.39, 0.29) is 43.3 Å². The number of hydrogen-bond acceptors (Lipinski definition) is 9. The minimum atomic E-state index is -4.35. The predicted molar refractivity (Wildman–Crippen MR) is 234 cm³/mol. The Kier molecular flexibility index (Phi) is 9.93. The molecule has 3 saturated heterocycles. The average molecular weight is 907 g/mol. The molecule has 11 rings (SSSR count). The number of nitrogens with zero attached hydrogens (tertiary/aromatic N) is 5. The summed E-state index contributed by atoms with van der Waals surface area (Å²) < 4.78 is 73.2. The number of alkyl halides is 1. The van der Waals surface area contributed by atoms with Gasteiger partial charge in [0.15, 0.2) is 5.82 Å². The van der Waals surface area contributed by atoms with E-state index in [1.165, 1.54) is 30.2 Å². The van der Waals surface area contributed by atoms with Crippen LogP contribution >= 0.6 is 0 Å². The maximum atomic E-state index is 15.8. The number of halogens is 3. The molecule has 5 aromatic rings. The van der Waals surface area contributed by atoms with Gasteiger partial charge in [-0.1, -0.05) is 18.2 Å². The summed E-state index contributed by atoms with van der Waals surface area (Å²) >= 11 is 0. The van der Waals surface area contributed by atoms with Gasteiger partial charge < -0.3 is 14.8 Å². The van der Waals surface area contributed by atoms with Crippen LogP contribution in [-0.4, -0.2) is 107 Å². The molecule has 2 aromatic heterocycles. The van der Waals surface area contributed by atoms with Crippen LogP contribution in [0, 0.1) is 23.0 Å². The van der Waals surface area contributed by atoms with Gasteiger partial charge in [-0.25, -0.2) is 18.2 Å². The molecule has 3 N–H and O–H groups in total. The number of H-pyrrole nitrogens is 1. The molecule has 336 valence electrons. The number of piperidine rings is 1. The Labute approximate surface area is 372 Å². The highest BCUT2D eigenvalue weighted by Crippen LogP contribution is 2.53. The van der Waals surface area contributed by atoms with Gasteiger partial charge in [0, 0.05) is 104 Å². The number of benzene rings is 3. The molecule has 65 heavy (non-hydrogen) atoms. The number of imide groups is 1. The van der Waals surface area contributed by atoms with E-state index in [9.17, 15) is 32.0 Å². The van der Waals surface area contributed by atoms with Crippen molar-refractivity contribution in [1.82, 2.24) is 29.4 Å². The number of amides is 3. The maximum absolute atomic E-state index is 15.8. The van der Waals surface area contributed by atoms with Crippen molar-refractivity contribution < 1.29 is 40.8 Å². The van der Waals surface area contributed by atoms with Crippen LogP contribution in [0.15, 0.2) is 67.0 Å². The molecule has 6 aliphatic rings. The quantitative estimate of drug-likeness (QED) is 0.122. The van der Waals surface area contributed by atoms with Crippen molar-refractivity contribution in [3.8, 4) is 11.1 Å². The van der Waals surface area contributed by atoms with Crippen molar-refractivity contribution in [3.05, 3.63) is 112 Å². The molecule has 1 unspecified atom stereocenters. The summed E-state index contributed by atoms with van der Waals surface area (Å²) in [5.41, 5.74) is 5.77. The number of pyridine rings is 1. The van der Waals surface area contributed by atoms with E-state index in [0.717, 1.165) is 72.4 Å². The number of ketones is 1. The average Bonchev–Trinajstić information content (AvgIpc) is 3.98. The summed E-state index contributed by atoms with van der Waals surface area (Å²) in [6, 6.07) is 15.1. The smallest absolute Gasteiger partial charge is 0.301 e. The van der Waals surface area contributed by atoms with Crippen LogP contribution in [0.2, 0.25) is 0 Å². The van der Waals surface area contributed by atoms with Gasteiger partial charge in [-0.05, 0) is 96.7 Å². The lowest BCUT2D eigenvalue weighted by Crippen LogP contribution is -2.63. The van der Waals surface area contributed by atoms with Gasteiger partial charge in [0.25, 0.3) is 5.91 Å². The molecule has 2 atom stereocenters. The third-order valence-electron chi connectivity index (χ3n) is 14.3. The molecule has 18 heteroatoms. The number of anilines is 2. The zero-order chi connectivity index (χ0) is 44.9. The molecule has 14 nitrogen and oxygen atoms in total. The number of carbonyl (C=O) groups excluding carboxylic acids is 4. The van der Waals surface area contributed by atoms with Gasteiger partial charge in [0.05, 0.1) is 11.3 Å². The summed E-state index contributed by atoms with van der Waals surface area (Å²) in [6.07, 6.45) is 5.44. The van der Waals surface area contributed by atoms with E-state index in [1.54, 1.807) is 17.2 Å². The predicted octanol–water partition coefficient (Wildman–Crippen LogP) is 5.48. The van der Waals surface area contributed by atoms with Crippen LogP contribution in [0.4, 0.5) is 24.5 Å². The van der Waals surface area contributed by atoms with Gasteiger partial charge >= 0.3 is 10.2 Å². The minimum Gasteiger partial charge on any atom is -0.370 e. The molecule has 4 fully saturated rings. The molecule has 5 aliphatic heterocycles. The van der Waals surface area contributed by atoms with E-state index in [0.29, 0.717) is 46.5 Å². The number of aromatic amines is 1. The first kappa shape index (κ1) is 41.6. The van der Waals surface area contributed by atoms with E-state index in [4.69, 9.17) is 0 Å². The molecule has 0 bridgehead atoms. The van der Waals surface area contributed by atoms with Crippen LogP contribution in [0.1, 0.15) is 75.1 Å². The van der Waals surface area contributed by atoms with Crippen molar-refractivity contribution in [2.24, 2.45) is 11.3 Å². The molecular formula is C47H45F3N8O6S. The normalized spacial score (nSPS) is 22.2. The number of fused-ring (bicyclic) bond motifs is 3. The zero-order valence-corrected chi connectivity index (χ0v) is 36.0. The Morgan fingerprint density at radius 3 is 2.52 bits per heavy atom. The topological polar surface area (TPSA) is 168 Å². The van der Waals surface area contributed by atoms with Crippen LogP contribution in [0.25, 0.3) is 22.2 Å². The molecule has 3 amide bonds. The summed E-state index contributed by atoms with van der Waals surface area (Å²) in [7, 11) is -4.35. The Balaban J connectivity index is 0.709. The molecule has 7 heterocycles. The van der Waals surface area contributed by atoms with E-state index in [1.807, 2.05) is 22.9 Å². The van der Waals surface area contributed by atoms with E-state index in [2.05, 4.69) is 43.3 Å². The summed E-state index contributed by atoms with van der Waals surface area (Å²) in [4.78, 5) is 65.0. The fourth-order valence-corrected chi connectivity index (χ4v) is 12.3. The molecular weight excluding hydrogens is 862 g/mol. The highest BCUT2D eigenvalue weighted by Gasteiger charge is 2.52. The van der Waals surface area contributed by atoms with Gasteiger partial charge in [-0.3, -0.25) is 34.1 Å². The van der Waals surface area contributed by atoms with E-state index < -0.39 is 57.0 Å². The summed E-state index contributed by atoms with van der Waals surface area (Å²) in [6.45, 7) is 4.63. The van der Waals surface area contributed by atoms with Crippen molar-refractivity contribution in [2.75, 3.05) is 48.9 Å². The second-order valence-electron chi connectivity index (χ2n) is 18.6. The monoisotopic (exact) mass is 906 g/mol. The Bertz CT molecular complexity index is 2970. The standard InChI is InChI=1S/C47H45F3N8O6S/c48-32-10-12-57(23-32)65(63,64)54-38-6-5-37(49)41(42(38)50)43(60)36-19-52-44-35(36)15-30(18-51-44)27-1-2-29-21-55(11-9-28(29)13-27)20-26-16-47(17-26)24-56(25-47)33-3-4-34-31(14-33)22-58(46(34)62)39-7-8-40(59)53-45(39)61/h1-6,13-15,18-19,26,32,39,54H,7-12,16-17,20-25H2,(H,51,52)(H,53,59,61)/t32-,39?/m1/s1. The first-order valence-corrected chi connectivity index (χ1v) is 23.4. The molecule has 1 saturated carbocycles. The van der Waals surface area contributed by atoms with Gasteiger partial charge in [-0.15, -0.1) is 0 Å². The lowest BCUT2D eigenvalue weighted by molar-refractivity contribution is -0.136. The SMILES string of the molecule is O=C1CCC(N2Cc3cc(N4CC5(CC(CN6CCc7cc(-c8cnc9[nH]cc(C(=O)c%10c(F)ccc(NS(=O)(=O)N%11CC[C@@H](F)C%11)c%10F)c9c8)ccc7C6)C5)C4)ccc3C2=O)C(=O)N1. The van der Waals surface area contributed by atoms with Gasteiger partial charge in [0.1, 0.15) is 23.7 Å². The molecule has 1 aliphatic carbocycles. The third-order valence-corrected chi connectivity index (χ3v) is 15.8. The van der Waals surface area contributed by atoms with Crippen LogP contribution < -0.4 is 14.9 Å². The molecule has 1 spiro atoms. The van der Waals surface area contributed by atoms with Gasteiger partial charge in [-0.2, -0.15) is 12.7 Å². The lowest BCUT2D eigenvalue weighted by atomic mass is 9.57. The fourth-order valence-electron chi connectivity index (χ4n) is 11.0. The highest BCUT2D eigenvalue weighted by atomic mass is 32.2. The number of carbonyl (C=O) groups is 4. The largest absolute Gasteiger partial charge is 0.370 e. The first-order valence-electron chi connectivity index (χ1n) is 22.0. The number of nitrogens with one attached hydrogen (secondary N) is 3. The fraction of sp³-hybridized carbons (Fsp3) is 0.383. The minimum absolute atomic E-state index is 0.00532. The maximum Gasteiger partial charge on any atom is 0.301 e. The first-order chi connectivity index (χ1) is 31.2. The van der Waals surface area contributed by atoms with Crippen LogP contribution in [0.5, 0.6) is 0 Å². The van der Waals surface area contributed by atoms with Crippen molar-refractivity contribution in [1.29, 1.82) is 0 Å². The number of rotatable bonds is 10. The summed E-state index contributed by atoms with van der Waals surface area (Å²) in [5, 5.41) is 2.71. The van der Waals surface area contributed by atoms with Crippen molar-refractivity contribution >= 4 is 56.1 Å². The Morgan fingerprint density at radius 2 is 1.74 bits per heavy atom. The number of aromatic nitrogens is 2. The van der Waals surface area contributed by atoms with Crippen LogP contribution in [-0.2, 0) is 39.3 Å². The lowest BCUT2D eigenvalue weighted by Gasteiger charge is -2.60. The Morgan fingerprint density at radius 1 is 0.908 bits per heavy atom. The van der Waals surface area contributed by atoms with E-state index >= 15 is 8.78 Å².